The monoisotopic (exact) mass is 204 g/mol. The highest BCUT2D eigenvalue weighted by Crippen LogP contribution is 2.21. The molecule has 1 aliphatic rings. The van der Waals surface area contributed by atoms with Gasteiger partial charge in [0.1, 0.15) is 0 Å². The number of pyridine rings is 1. The number of hydrogen-bond donors (Lipinski definition) is 1. The van der Waals surface area contributed by atoms with Gasteiger partial charge in [0.05, 0.1) is 0 Å². The summed E-state index contributed by atoms with van der Waals surface area (Å²) in [6.45, 7) is 5.90. The summed E-state index contributed by atoms with van der Waals surface area (Å²) in [6.07, 6.45) is 3.40. The van der Waals surface area contributed by atoms with Crippen molar-refractivity contribution >= 4 is 5.78 Å². The Balaban J connectivity index is 2.16. The SMILES string of the molecule is Cc1ccncc1C(=O)C(C)C1CNC1. The van der Waals surface area contributed by atoms with Crippen molar-refractivity contribution in [1.29, 1.82) is 0 Å². The van der Waals surface area contributed by atoms with Gasteiger partial charge in [-0.25, -0.2) is 0 Å². The number of aromatic nitrogens is 1. The largest absolute Gasteiger partial charge is 0.316 e. The highest BCUT2D eigenvalue weighted by atomic mass is 16.1. The van der Waals surface area contributed by atoms with Gasteiger partial charge in [-0.15, -0.1) is 0 Å². The highest BCUT2D eigenvalue weighted by Gasteiger charge is 2.29. The maximum atomic E-state index is 12.1. The smallest absolute Gasteiger partial charge is 0.167 e. The lowest BCUT2D eigenvalue weighted by molar-refractivity contribution is 0.0853. The van der Waals surface area contributed by atoms with Gasteiger partial charge < -0.3 is 5.32 Å². The Morgan fingerprint density at radius 1 is 1.60 bits per heavy atom. The van der Waals surface area contributed by atoms with E-state index in [9.17, 15) is 4.79 Å². The number of carbonyl (C=O) groups excluding carboxylic acids is 1. The predicted octanol–water partition coefficient (Wildman–Crippen LogP) is 1.43. The number of Topliss-reactive ketones (excluding diaryl/α,β-unsaturated/α-hetero) is 1. The van der Waals surface area contributed by atoms with Crippen LogP contribution in [0.2, 0.25) is 0 Å². The summed E-state index contributed by atoms with van der Waals surface area (Å²) in [5.74, 6) is 0.832. The molecule has 15 heavy (non-hydrogen) atoms. The van der Waals surface area contributed by atoms with E-state index in [2.05, 4.69) is 10.3 Å². The lowest BCUT2D eigenvalue weighted by Gasteiger charge is -2.31. The van der Waals surface area contributed by atoms with Gasteiger partial charge in [0.2, 0.25) is 0 Å². The van der Waals surface area contributed by atoms with Crippen LogP contribution in [0, 0.1) is 18.8 Å². The summed E-state index contributed by atoms with van der Waals surface area (Å²) in [6, 6.07) is 1.89. The lowest BCUT2D eigenvalue weighted by atomic mass is 9.83. The van der Waals surface area contributed by atoms with Crippen molar-refractivity contribution in [2.75, 3.05) is 13.1 Å². The van der Waals surface area contributed by atoms with Crippen LogP contribution < -0.4 is 5.32 Å². The van der Waals surface area contributed by atoms with Gasteiger partial charge in [-0.2, -0.15) is 0 Å². The zero-order valence-corrected chi connectivity index (χ0v) is 9.16. The molecule has 1 atom stereocenters. The molecule has 1 unspecified atom stereocenters. The van der Waals surface area contributed by atoms with Crippen LogP contribution in [0.1, 0.15) is 22.8 Å². The van der Waals surface area contributed by atoms with Crippen molar-refractivity contribution in [3.63, 3.8) is 0 Å². The number of carbonyl (C=O) groups is 1. The minimum Gasteiger partial charge on any atom is -0.316 e. The van der Waals surface area contributed by atoms with Crippen LogP contribution >= 0.6 is 0 Å². The molecule has 0 amide bonds. The molecule has 1 N–H and O–H groups in total. The molecule has 0 aromatic carbocycles. The summed E-state index contributed by atoms with van der Waals surface area (Å²) in [7, 11) is 0. The van der Waals surface area contributed by atoms with Crippen molar-refractivity contribution in [2.45, 2.75) is 13.8 Å². The van der Waals surface area contributed by atoms with Crippen molar-refractivity contribution in [2.24, 2.45) is 11.8 Å². The minimum absolute atomic E-state index is 0.106. The van der Waals surface area contributed by atoms with Crippen molar-refractivity contribution in [3.05, 3.63) is 29.6 Å². The molecule has 1 aliphatic heterocycles. The number of ketones is 1. The first-order valence-corrected chi connectivity index (χ1v) is 5.35. The molecular weight excluding hydrogens is 188 g/mol. The molecule has 1 aromatic heterocycles. The molecule has 1 fully saturated rings. The lowest BCUT2D eigenvalue weighted by Crippen LogP contribution is -2.47. The quantitative estimate of drug-likeness (QED) is 0.757. The van der Waals surface area contributed by atoms with Crippen molar-refractivity contribution in [1.82, 2.24) is 10.3 Å². The number of rotatable bonds is 3. The van der Waals surface area contributed by atoms with Crippen LogP contribution in [-0.2, 0) is 0 Å². The molecule has 3 heteroatoms. The molecule has 2 heterocycles. The normalized spacial score (nSPS) is 18.3. The molecule has 0 radical (unpaired) electrons. The van der Waals surface area contributed by atoms with Crippen LogP contribution in [0.3, 0.4) is 0 Å². The second kappa shape index (κ2) is 4.11. The fourth-order valence-electron chi connectivity index (χ4n) is 1.85. The molecule has 0 bridgehead atoms. The predicted molar refractivity (Wildman–Crippen MR) is 58.8 cm³/mol. The van der Waals surface area contributed by atoms with E-state index in [-0.39, 0.29) is 11.7 Å². The van der Waals surface area contributed by atoms with E-state index in [0.29, 0.717) is 5.92 Å². The Hall–Kier alpha value is -1.22. The summed E-state index contributed by atoms with van der Waals surface area (Å²) in [5, 5.41) is 3.20. The number of hydrogen-bond acceptors (Lipinski definition) is 3. The van der Waals surface area contributed by atoms with Gasteiger partial charge in [-0.05, 0) is 37.6 Å². The first-order chi connectivity index (χ1) is 7.20. The van der Waals surface area contributed by atoms with Crippen LogP contribution in [0.4, 0.5) is 0 Å². The highest BCUT2D eigenvalue weighted by molar-refractivity contribution is 5.98. The Kier molecular flexibility index (Phi) is 2.82. The topological polar surface area (TPSA) is 42.0 Å². The zero-order valence-electron chi connectivity index (χ0n) is 9.16. The molecule has 80 valence electrons. The molecule has 2 rings (SSSR count). The minimum atomic E-state index is 0.106. The molecular formula is C12H16N2O. The zero-order chi connectivity index (χ0) is 10.8. The standard InChI is InChI=1S/C12H16N2O/c1-8-3-4-13-7-11(8)12(15)9(2)10-5-14-6-10/h3-4,7,9-10,14H,5-6H2,1-2H3. The molecule has 0 spiro atoms. The molecule has 1 aromatic rings. The Bertz CT molecular complexity index is 372. The van der Waals surface area contributed by atoms with Gasteiger partial charge >= 0.3 is 0 Å². The second-order valence-electron chi connectivity index (χ2n) is 4.26. The molecule has 0 aliphatic carbocycles. The third-order valence-corrected chi connectivity index (χ3v) is 3.24. The first kappa shape index (κ1) is 10.3. The average Bonchev–Trinajstić information content (AvgIpc) is 2.15. The van der Waals surface area contributed by atoms with Crippen LogP contribution in [0.15, 0.2) is 18.5 Å². The summed E-state index contributed by atoms with van der Waals surface area (Å²) >= 11 is 0. The summed E-state index contributed by atoms with van der Waals surface area (Å²) in [5.41, 5.74) is 1.80. The van der Waals surface area contributed by atoms with E-state index in [4.69, 9.17) is 0 Å². The number of aryl methyl sites for hydroxylation is 1. The third-order valence-electron chi connectivity index (χ3n) is 3.24. The molecule has 3 nitrogen and oxygen atoms in total. The van der Waals surface area contributed by atoms with Gasteiger partial charge in [0.25, 0.3) is 0 Å². The average molecular weight is 204 g/mol. The van der Waals surface area contributed by atoms with E-state index in [1.54, 1.807) is 12.4 Å². The van der Waals surface area contributed by atoms with E-state index in [1.807, 2.05) is 19.9 Å². The maximum absolute atomic E-state index is 12.1. The van der Waals surface area contributed by atoms with Gasteiger partial charge in [0, 0.05) is 23.9 Å². The van der Waals surface area contributed by atoms with E-state index in [0.717, 1.165) is 24.2 Å². The van der Waals surface area contributed by atoms with Crippen LogP contribution in [-0.4, -0.2) is 23.9 Å². The summed E-state index contributed by atoms with van der Waals surface area (Å²) < 4.78 is 0. The number of nitrogens with one attached hydrogen (secondary N) is 1. The molecule has 0 saturated carbocycles. The van der Waals surface area contributed by atoms with Crippen molar-refractivity contribution in [3.8, 4) is 0 Å². The fraction of sp³-hybridized carbons (Fsp3) is 0.500. The maximum Gasteiger partial charge on any atom is 0.167 e. The first-order valence-electron chi connectivity index (χ1n) is 5.35. The van der Waals surface area contributed by atoms with Gasteiger partial charge in [0.15, 0.2) is 5.78 Å². The number of nitrogens with zero attached hydrogens (tertiary/aromatic N) is 1. The molecule has 1 saturated heterocycles. The second-order valence-corrected chi connectivity index (χ2v) is 4.26. The third kappa shape index (κ3) is 1.92. The van der Waals surface area contributed by atoms with Gasteiger partial charge in [-0.3, -0.25) is 9.78 Å². The van der Waals surface area contributed by atoms with E-state index >= 15 is 0 Å². The van der Waals surface area contributed by atoms with E-state index < -0.39 is 0 Å². The fourth-order valence-corrected chi connectivity index (χ4v) is 1.85. The van der Waals surface area contributed by atoms with E-state index in [1.165, 1.54) is 0 Å². The van der Waals surface area contributed by atoms with Crippen LogP contribution in [0.5, 0.6) is 0 Å². The Morgan fingerprint density at radius 2 is 2.33 bits per heavy atom. The van der Waals surface area contributed by atoms with Crippen molar-refractivity contribution < 1.29 is 4.79 Å². The van der Waals surface area contributed by atoms with Crippen LogP contribution in [0.25, 0.3) is 0 Å². The Labute approximate surface area is 89.9 Å². The Morgan fingerprint density at radius 3 is 2.87 bits per heavy atom. The summed E-state index contributed by atoms with van der Waals surface area (Å²) in [4.78, 5) is 16.1. The van der Waals surface area contributed by atoms with Gasteiger partial charge in [-0.1, -0.05) is 6.92 Å².